The van der Waals surface area contributed by atoms with Crippen molar-refractivity contribution >= 4 is 34.2 Å². The SMILES string of the molecule is COc1ccc2c(c1)CCCN2c1nc(Cl)nc2ccoc12. The molecule has 0 N–H and O–H groups in total. The van der Waals surface area contributed by atoms with Gasteiger partial charge in [-0.05, 0) is 48.2 Å². The van der Waals surface area contributed by atoms with E-state index in [1.54, 1.807) is 19.4 Å². The zero-order chi connectivity index (χ0) is 15.1. The third-order valence-corrected chi connectivity index (χ3v) is 4.09. The van der Waals surface area contributed by atoms with E-state index in [1.807, 2.05) is 6.07 Å². The maximum Gasteiger partial charge on any atom is 0.225 e. The number of fused-ring (bicyclic) bond motifs is 2. The molecular weight excluding hydrogens is 302 g/mol. The van der Waals surface area contributed by atoms with Crippen LogP contribution >= 0.6 is 11.6 Å². The Balaban J connectivity index is 1.88. The zero-order valence-electron chi connectivity index (χ0n) is 12.0. The quantitative estimate of drug-likeness (QED) is 0.670. The van der Waals surface area contributed by atoms with E-state index in [0.717, 1.165) is 36.3 Å². The minimum absolute atomic E-state index is 0.226. The highest BCUT2D eigenvalue weighted by atomic mass is 35.5. The topological polar surface area (TPSA) is 51.4 Å². The van der Waals surface area contributed by atoms with Gasteiger partial charge in [0, 0.05) is 18.3 Å². The molecular formula is C16H14ClN3O2. The van der Waals surface area contributed by atoms with Crippen molar-refractivity contribution in [2.45, 2.75) is 12.8 Å². The maximum atomic E-state index is 6.06. The molecule has 0 unspecified atom stereocenters. The summed E-state index contributed by atoms with van der Waals surface area (Å²) in [6, 6.07) is 7.88. The van der Waals surface area contributed by atoms with E-state index in [1.165, 1.54) is 5.56 Å². The van der Waals surface area contributed by atoms with Gasteiger partial charge in [0.1, 0.15) is 11.3 Å². The molecule has 4 rings (SSSR count). The Morgan fingerprint density at radius 1 is 1.27 bits per heavy atom. The second-order valence-corrected chi connectivity index (χ2v) is 5.54. The van der Waals surface area contributed by atoms with Gasteiger partial charge < -0.3 is 14.1 Å². The van der Waals surface area contributed by atoms with E-state index < -0.39 is 0 Å². The molecule has 1 aliphatic rings. The van der Waals surface area contributed by atoms with Gasteiger partial charge in [-0.25, -0.2) is 4.98 Å². The molecule has 0 fully saturated rings. The van der Waals surface area contributed by atoms with Crippen molar-refractivity contribution in [3.05, 3.63) is 41.4 Å². The monoisotopic (exact) mass is 315 g/mol. The molecule has 0 amide bonds. The first kappa shape index (κ1) is 13.4. The average molecular weight is 316 g/mol. The number of aryl methyl sites for hydroxylation is 1. The van der Waals surface area contributed by atoms with Gasteiger partial charge in [-0.3, -0.25) is 0 Å². The highest BCUT2D eigenvalue weighted by molar-refractivity contribution is 6.28. The van der Waals surface area contributed by atoms with E-state index in [-0.39, 0.29) is 5.28 Å². The summed E-state index contributed by atoms with van der Waals surface area (Å²) in [5, 5.41) is 0.226. The minimum atomic E-state index is 0.226. The number of hydrogen-bond acceptors (Lipinski definition) is 5. The first-order valence-corrected chi connectivity index (χ1v) is 7.49. The minimum Gasteiger partial charge on any atom is -0.497 e. The molecule has 0 radical (unpaired) electrons. The predicted molar refractivity (Wildman–Crippen MR) is 85.1 cm³/mol. The van der Waals surface area contributed by atoms with Gasteiger partial charge >= 0.3 is 0 Å². The Morgan fingerprint density at radius 3 is 3.05 bits per heavy atom. The van der Waals surface area contributed by atoms with Crippen molar-refractivity contribution < 1.29 is 9.15 Å². The van der Waals surface area contributed by atoms with Crippen LogP contribution in [-0.2, 0) is 6.42 Å². The van der Waals surface area contributed by atoms with Gasteiger partial charge in [0.2, 0.25) is 5.28 Å². The van der Waals surface area contributed by atoms with Crippen molar-refractivity contribution in [2.24, 2.45) is 0 Å². The first-order valence-electron chi connectivity index (χ1n) is 7.11. The molecule has 0 bridgehead atoms. The number of rotatable bonds is 2. The van der Waals surface area contributed by atoms with Gasteiger partial charge in [0.25, 0.3) is 0 Å². The summed E-state index contributed by atoms with van der Waals surface area (Å²) in [6.07, 6.45) is 3.66. The van der Waals surface area contributed by atoms with Crippen LogP contribution in [-0.4, -0.2) is 23.6 Å². The molecule has 5 nitrogen and oxygen atoms in total. The van der Waals surface area contributed by atoms with Crippen LogP contribution in [0.15, 0.2) is 34.9 Å². The maximum absolute atomic E-state index is 6.06. The lowest BCUT2D eigenvalue weighted by atomic mass is 10.0. The number of anilines is 2. The Kier molecular flexibility index (Phi) is 3.15. The van der Waals surface area contributed by atoms with Crippen LogP contribution in [0.3, 0.4) is 0 Å². The van der Waals surface area contributed by atoms with E-state index in [4.69, 9.17) is 20.8 Å². The molecule has 3 heterocycles. The number of nitrogens with zero attached hydrogens (tertiary/aromatic N) is 3. The average Bonchev–Trinajstić information content (AvgIpc) is 3.01. The molecule has 1 aliphatic heterocycles. The summed E-state index contributed by atoms with van der Waals surface area (Å²) >= 11 is 6.06. The molecule has 0 atom stereocenters. The van der Waals surface area contributed by atoms with Crippen LogP contribution < -0.4 is 9.64 Å². The Morgan fingerprint density at radius 2 is 2.18 bits per heavy atom. The predicted octanol–water partition coefficient (Wildman–Crippen LogP) is 3.97. The van der Waals surface area contributed by atoms with Crippen LogP contribution in [0.4, 0.5) is 11.5 Å². The van der Waals surface area contributed by atoms with Crippen LogP contribution in [0.25, 0.3) is 11.1 Å². The van der Waals surface area contributed by atoms with Gasteiger partial charge in [0.15, 0.2) is 11.4 Å². The van der Waals surface area contributed by atoms with E-state index in [2.05, 4.69) is 27.0 Å². The van der Waals surface area contributed by atoms with Crippen LogP contribution in [0.5, 0.6) is 5.75 Å². The number of methoxy groups -OCH3 is 1. The standard InChI is InChI=1S/C16H14ClN3O2/c1-21-11-4-5-13-10(9-11)3-2-7-20(13)15-14-12(6-8-22-14)18-16(17)19-15/h4-6,8-9H,2-3,7H2,1H3. The van der Waals surface area contributed by atoms with Crippen LogP contribution in [0.1, 0.15) is 12.0 Å². The molecule has 0 saturated heterocycles. The Bertz CT molecular complexity index is 847. The normalized spacial score (nSPS) is 14.2. The van der Waals surface area contributed by atoms with E-state index >= 15 is 0 Å². The molecule has 3 aromatic rings. The summed E-state index contributed by atoms with van der Waals surface area (Å²) in [7, 11) is 1.68. The largest absolute Gasteiger partial charge is 0.497 e. The van der Waals surface area contributed by atoms with Crippen molar-refractivity contribution in [3.8, 4) is 5.75 Å². The molecule has 0 saturated carbocycles. The fraction of sp³-hybridized carbons (Fsp3) is 0.250. The lowest BCUT2D eigenvalue weighted by molar-refractivity contribution is 0.414. The van der Waals surface area contributed by atoms with Gasteiger partial charge in [-0.2, -0.15) is 4.98 Å². The van der Waals surface area contributed by atoms with E-state index in [0.29, 0.717) is 11.4 Å². The number of halogens is 1. The van der Waals surface area contributed by atoms with Gasteiger partial charge in [-0.15, -0.1) is 0 Å². The van der Waals surface area contributed by atoms with Crippen molar-refractivity contribution in [3.63, 3.8) is 0 Å². The fourth-order valence-corrected chi connectivity index (χ4v) is 3.09. The number of aromatic nitrogens is 2. The summed E-state index contributed by atoms with van der Waals surface area (Å²) in [4.78, 5) is 10.7. The Hall–Kier alpha value is -2.27. The summed E-state index contributed by atoms with van der Waals surface area (Å²) in [5.74, 6) is 1.58. The number of hydrogen-bond donors (Lipinski definition) is 0. The van der Waals surface area contributed by atoms with Gasteiger partial charge in [0.05, 0.1) is 13.4 Å². The summed E-state index contributed by atoms with van der Waals surface area (Å²) in [5.41, 5.74) is 3.73. The first-order chi connectivity index (χ1) is 10.8. The molecule has 22 heavy (non-hydrogen) atoms. The van der Waals surface area contributed by atoms with Gasteiger partial charge in [-0.1, -0.05) is 0 Å². The lowest BCUT2D eigenvalue weighted by Gasteiger charge is -2.30. The molecule has 0 aliphatic carbocycles. The molecule has 0 spiro atoms. The second kappa shape index (κ2) is 5.18. The Labute approximate surface area is 132 Å². The van der Waals surface area contributed by atoms with Crippen LogP contribution in [0.2, 0.25) is 5.28 Å². The van der Waals surface area contributed by atoms with Crippen LogP contribution in [0, 0.1) is 0 Å². The summed E-state index contributed by atoms with van der Waals surface area (Å²) < 4.78 is 10.9. The van der Waals surface area contributed by atoms with Crippen molar-refractivity contribution in [1.82, 2.24) is 9.97 Å². The van der Waals surface area contributed by atoms with Crippen molar-refractivity contribution in [2.75, 3.05) is 18.6 Å². The highest BCUT2D eigenvalue weighted by Gasteiger charge is 2.23. The third kappa shape index (κ3) is 2.09. The van der Waals surface area contributed by atoms with Crippen molar-refractivity contribution in [1.29, 1.82) is 0 Å². The van der Waals surface area contributed by atoms with E-state index in [9.17, 15) is 0 Å². The fourth-order valence-electron chi connectivity index (χ4n) is 2.92. The number of ether oxygens (including phenoxy) is 1. The smallest absolute Gasteiger partial charge is 0.225 e. The molecule has 112 valence electrons. The summed E-state index contributed by atoms with van der Waals surface area (Å²) in [6.45, 7) is 0.864. The molecule has 2 aromatic heterocycles. The third-order valence-electron chi connectivity index (χ3n) is 3.92. The molecule has 6 heteroatoms. The lowest BCUT2D eigenvalue weighted by Crippen LogP contribution is -2.25. The highest BCUT2D eigenvalue weighted by Crippen LogP contribution is 2.37. The second-order valence-electron chi connectivity index (χ2n) is 5.20. The number of furan rings is 1. The number of benzene rings is 1. The molecule has 1 aromatic carbocycles. The zero-order valence-corrected chi connectivity index (χ0v) is 12.8.